The van der Waals surface area contributed by atoms with E-state index in [4.69, 9.17) is 4.42 Å². The van der Waals surface area contributed by atoms with E-state index in [0.29, 0.717) is 11.3 Å². The average molecular weight is 383 g/mol. The zero-order valence-corrected chi connectivity index (χ0v) is 16.7. The highest BCUT2D eigenvalue weighted by Gasteiger charge is 2.14. The van der Waals surface area contributed by atoms with Gasteiger partial charge in [-0.05, 0) is 49.9 Å². The van der Waals surface area contributed by atoms with Crippen molar-refractivity contribution in [2.75, 3.05) is 0 Å². The number of benzene rings is 1. The first-order valence-corrected chi connectivity index (χ1v) is 10.1. The minimum absolute atomic E-state index is 0.308. The molecule has 0 aliphatic rings. The molecule has 0 saturated heterocycles. The van der Waals surface area contributed by atoms with Gasteiger partial charge in [0.05, 0.1) is 0 Å². The van der Waals surface area contributed by atoms with Crippen LogP contribution in [-0.4, -0.2) is 9.97 Å². The largest absolute Gasteiger partial charge is 0.422 e. The Labute approximate surface area is 159 Å². The fourth-order valence-electron chi connectivity index (χ4n) is 3.05. The lowest BCUT2D eigenvalue weighted by Crippen LogP contribution is -2.01. The molecular weight excluding hydrogens is 364 g/mol. The van der Waals surface area contributed by atoms with E-state index >= 15 is 0 Å². The van der Waals surface area contributed by atoms with Gasteiger partial charge in [0.2, 0.25) is 0 Å². The van der Waals surface area contributed by atoms with Crippen molar-refractivity contribution in [3.05, 3.63) is 62.1 Å². The summed E-state index contributed by atoms with van der Waals surface area (Å²) in [6.07, 6.45) is 1.62. The predicted octanol–water partition coefficient (Wildman–Crippen LogP) is 5.32. The topological polar surface area (TPSA) is 56.0 Å². The van der Waals surface area contributed by atoms with Crippen LogP contribution in [-0.2, 0) is 5.75 Å². The minimum atomic E-state index is -0.308. The Morgan fingerprint density at radius 2 is 1.92 bits per heavy atom. The second kappa shape index (κ2) is 6.52. The van der Waals surface area contributed by atoms with Crippen molar-refractivity contribution < 1.29 is 4.42 Å². The maximum Gasteiger partial charge on any atom is 0.336 e. The molecule has 3 heterocycles. The lowest BCUT2D eigenvalue weighted by atomic mass is 10.0. The standard InChI is InChI=1S/C20H18N2O2S2/c1-10-5-6-15-14(7-16(23)24-18(15)11(10)2)8-25-19-17-12(3)13(4)26-20(17)22-9-21-19/h5-7,9H,8H2,1-4H3. The molecule has 0 bridgehead atoms. The minimum Gasteiger partial charge on any atom is -0.422 e. The van der Waals surface area contributed by atoms with Crippen LogP contribution in [0.2, 0.25) is 0 Å². The van der Waals surface area contributed by atoms with Crippen LogP contribution in [0.15, 0.2) is 38.8 Å². The molecular formula is C20H18N2O2S2. The highest BCUT2D eigenvalue weighted by atomic mass is 32.2. The number of nitrogens with zero attached hydrogens (tertiary/aromatic N) is 2. The summed E-state index contributed by atoms with van der Waals surface area (Å²) in [5.41, 5.74) is 4.71. The number of hydrogen-bond acceptors (Lipinski definition) is 6. The van der Waals surface area contributed by atoms with Crippen LogP contribution < -0.4 is 5.63 Å². The molecule has 0 aliphatic heterocycles. The van der Waals surface area contributed by atoms with E-state index in [9.17, 15) is 4.79 Å². The lowest BCUT2D eigenvalue weighted by Gasteiger charge is -2.09. The van der Waals surface area contributed by atoms with Crippen molar-refractivity contribution in [2.24, 2.45) is 0 Å². The van der Waals surface area contributed by atoms with Crippen LogP contribution in [0.25, 0.3) is 21.2 Å². The zero-order valence-electron chi connectivity index (χ0n) is 15.0. The number of fused-ring (bicyclic) bond motifs is 2. The quantitative estimate of drug-likeness (QED) is 0.272. The van der Waals surface area contributed by atoms with Gasteiger partial charge in [0.15, 0.2) is 0 Å². The third-order valence-electron chi connectivity index (χ3n) is 4.81. The van der Waals surface area contributed by atoms with Gasteiger partial charge >= 0.3 is 5.63 Å². The van der Waals surface area contributed by atoms with Gasteiger partial charge in [-0.15, -0.1) is 23.1 Å². The van der Waals surface area contributed by atoms with Crippen LogP contribution in [0, 0.1) is 27.7 Å². The van der Waals surface area contributed by atoms with Crippen LogP contribution in [0.1, 0.15) is 27.1 Å². The van der Waals surface area contributed by atoms with E-state index < -0.39 is 0 Å². The summed E-state index contributed by atoms with van der Waals surface area (Å²) < 4.78 is 5.47. The predicted molar refractivity (Wildman–Crippen MR) is 108 cm³/mol. The third kappa shape index (κ3) is 2.83. The second-order valence-corrected chi connectivity index (χ2v) is 8.57. The van der Waals surface area contributed by atoms with Crippen molar-refractivity contribution in [3.8, 4) is 0 Å². The van der Waals surface area contributed by atoms with Crippen molar-refractivity contribution in [1.29, 1.82) is 0 Å². The number of aromatic nitrogens is 2. The maximum atomic E-state index is 12.0. The molecule has 4 nitrogen and oxygen atoms in total. The fourth-order valence-corrected chi connectivity index (χ4v) is 5.16. The molecule has 0 N–H and O–H groups in total. The molecule has 4 rings (SSSR count). The second-order valence-electron chi connectivity index (χ2n) is 6.41. The van der Waals surface area contributed by atoms with Crippen LogP contribution in [0.5, 0.6) is 0 Å². The molecule has 0 saturated carbocycles. The smallest absolute Gasteiger partial charge is 0.336 e. The summed E-state index contributed by atoms with van der Waals surface area (Å²) in [6.45, 7) is 8.23. The molecule has 1 aromatic carbocycles. The van der Waals surface area contributed by atoms with Gasteiger partial charge in [0, 0.05) is 27.5 Å². The number of thioether (sulfide) groups is 1. The molecule has 0 fully saturated rings. The Balaban J connectivity index is 1.78. The van der Waals surface area contributed by atoms with Gasteiger partial charge in [-0.3, -0.25) is 0 Å². The van der Waals surface area contributed by atoms with Crippen molar-refractivity contribution in [2.45, 2.75) is 38.5 Å². The molecule has 0 unspecified atom stereocenters. The summed E-state index contributed by atoms with van der Waals surface area (Å²) in [6, 6.07) is 5.70. The average Bonchev–Trinajstić information content (AvgIpc) is 2.91. The Hall–Kier alpha value is -2.18. The number of aryl methyl sites for hydroxylation is 4. The van der Waals surface area contributed by atoms with E-state index in [0.717, 1.165) is 37.3 Å². The first-order valence-electron chi connectivity index (χ1n) is 8.32. The molecule has 4 aromatic rings. The highest BCUT2D eigenvalue weighted by molar-refractivity contribution is 7.98. The van der Waals surface area contributed by atoms with Crippen molar-refractivity contribution in [1.82, 2.24) is 9.97 Å². The Bertz CT molecular complexity index is 1210. The molecule has 132 valence electrons. The van der Waals surface area contributed by atoms with Gasteiger partial charge in [0.25, 0.3) is 0 Å². The SMILES string of the molecule is Cc1ccc2c(CSc3ncnc4sc(C)c(C)c34)cc(=O)oc2c1C. The maximum absolute atomic E-state index is 12.0. The van der Waals surface area contributed by atoms with Gasteiger partial charge in [-0.25, -0.2) is 14.8 Å². The normalized spacial score (nSPS) is 11.5. The number of rotatable bonds is 3. The van der Waals surface area contributed by atoms with Gasteiger partial charge in [0.1, 0.15) is 21.8 Å². The summed E-state index contributed by atoms with van der Waals surface area (Å²) in [5.74, 6) is 0.658. The molecule has 3 aromatic heterocycles. The Kier molecular flexibility index (Phi) is 4.32. The summed E-state index contributed by atoms with van der Waals surface area (Å²) in [7, 11) is 0. The Morgan fingerprint density at radius 1 is 1.12 bits per heavy atom. The van der Waals surface area contributed by atoms with Crippen LogP contribution in [0.3, 0.4) is 0 Å². The molecule has 0 radical (unpaired) electrons. The highest BCUT2D eigenvalue weighted by Crippen LogP contribution is 2.36. The fraction of sp³-hybridized carbons (Fsp3) is 0.250. The van der Waals surface area contributed by atoms with E-state index in [-0.39, 0.29) is 5.63 Å². The first kappa shape index (κ1) is 17.2. The number of thiophene rings is 1. The molecule has 0 spiro atoms. The summed E-state index contributed by atoms with van der Waals surface area (Å²) in [5, 5.41) is 3.07. The van der Waals surface area contributed by atoms with Crippen molar-refractivity contribution in [3.63, 3.8) is 0 Å². The molecule has 6 heteroatoms. The summed E-state index contributed by atoms with van der Waals surface area (Å²) in [4.78, 5) is 23.2. The zero-order chi connectivity index (χ0) is 18.4. The van der Waals surface area contributed by atoms with Gasteiger partial charge in [-0.1, -0.05) is 12.1 Å². The van der Waals surface area contributed by atoms with E-state index in [1.165, 1.54) is 10.4 Å². The first-order chi connectivity index (χ1) is 12.5. The van der Waals surface area contributed by atoms with E-state index in [1.807, 2.05) is 19.9 Å². The van der Waals surface area contributed by atoms with Gasteiger partial charge in [-0.2, -0.15) is 0 Å². The van der Waals surface area contributed by atoms with Crippen molar-refractivity contribution >= 4 is 44.3 Å². The molecule has 0 aliphatic carbocycles. The van der Waals surface area contributed by atoms with Crippen LogP contribution >= 0.6 is 23.1 Å². The number of hydrogen-bond donors (Lipinski definition) is 0. The molecule has 26 heavy (non-hydrogen) atoms. The molecule has 0 amide bonds. The van der Waals surface area contributed by atoms with E-state index in [1.54, 1.807) is 35.5 Å². The van der Waals surface area contributed by atoms with Gasteiger partial charge < -0.3 is 4.42 Å². The van der Waals surface area contributed by atoms with Crippen LogP contribution in [0.4, 0.5) is 0 Å². The lowest BCUT2D eigenvalue weighted by molar-refractivity contribution is 0.557. The van der Waals surface area contributed by atoms with E-state index in [2.05, 4.69) is 29.9 Å². The monoisotopic (exact) mass is 382 g/mol. The molecule has 0 atom stereocenters. The summed E-state index contributed by atoms with van der Waals surface area (Å²) >= 11 is 3.33. The Morgan fingerprint density at radius 3 is 2.73 bits per heavy atom. The third-order valence-corrected chi connectivity index (χ3v) is 6.97.